The number of hydrogen-bond acceptors (Lipinski definition) is 3. The van der Waals surface area contributed by atoms with Crippen molar-refractivity contribution in [2.24, 2.45) is 0 Å². The lowest BCUT2D eigenvalue weighted by atomic mass is 10.2. The molecule has 1 aromatic rings. The van der Waals surface area contributed by atoms with E-state index >= 15 is 0 Å². The molecule has 0 radical (unpaired) electrons. The van der Waals surface area contributed by atoms with Crippen LogP contribution in [0.4, 0.5) is 0 Å². The largest absolute Gasteiger partial charge is 0.308 e. The van der Waals surface area contributed by atoms with E-state index < -0.39 is 0 Å². The zero-order valence-corrected chi connectivity index (χ0v) is 8.60. The van der Waals surface area contributed by atoms with Gasteiger partial charge in [0.1, 0.15) is 0 Å². The molecule has 0 spiro atoms. The Hall–Kier alpha value is -0.480. The molecule has 1 aromatic heterocycles. The van der Waals surface area contributed by atoms with E-state index in [-0.39, 0.29) is 0 Å². The van der Waals surface area contributed by atoms with Crippen LogP contribution in [-0.2, 0) is 6.54 Å². The first kappa shape index (κ1) is 9.09. The maximum Gasteiger partial charge on any atom is 0.0490 e. The molecule has 13 heavy (non-hydrogen) atoms. The van der Waals surface area contributed by atoms with Gasteiger partial charge in [0.15, 0.2) is 0 Å². The Labute approximate surface area is 82.7 Å². The number of nitrogens with zero attached hydrogens (tertiary/aromatic N) is 1. The second-order valence-electron chi connectivity index (χ2n) is 3.54. The molecule has 4 heteroatoms. The van der Waals surface area contributed by atoms with E-state index in [1.54, 1.807) is 6.20 Å². The minimum atomic E-state index is 0.684. The summed E-state index contributed by atoms with van der Waals surface area (Å²) in [5.41, 5.74) is 1.17. The van der Waals surface area contributed by atoms with Crippen molar-refractivity contribution in [3.05, 3.63) is 18.0 Å². The first-order chi connectivity index (χ1) is 6.34. The smallest absolute Gasteiger partial charge is 0.0490 e. The van der Waals surface area contributed by atoms with Crippen LogP contribution < -0.4 is 5.32 Å². The molecule has 0 aliphatic carbocycles. The quantitative estimate of drug-likeness (QED) is 0.769. The highest BCUT2D eigenvalue weighted by molar-refractivity contribution is 8.00. The van der Waals surface area contributed by atoms with Crippen LogP contribution in [0.1, 0.15) is 19.0 Å². The second kappa shape index (κ2) is 4.15. The Kier molecular flexibility index (Phi) is 2.90. The van der Waals surface area contributed by atoms with Crippen molar-refractivity contribution in [1.29, 1.82) is 0 Å². The van der Waals surface area contributed by atoms with Crippen molar-refractivity contribution in [2.75, 3.05) is 5.75 Å². The third-order valence-corrected chi connectivity index (χ3v) is 3.69. The van der Waals surface area contributed by atoms with Gasteiger partial charge in [-0.2, -0.15) is 16.9 Å². The van der Waals surface area contributed by atoms with Crippen LogP contribution >= 0.6 is 11.8 Å². The maximum absolute atomic E-state index is 3.91. The second-order valence-corrected chi connectivity index (χ2v) is 5.01. The predicted octanol–water partition coefficient (Wildman–Crippen LogP) is 1.39. The molecule has 2 N–H and O–H groups in total. The molecular formula is C9H15N3S. The molecule has 2 heterocycles. The summed E-state index contributed by atoms with van der Waals surface area (Å²) in [6, 6.07) is 2.70. The lowest BCUT2D eigenvalue weighted by molar-refractivity contribution is 0.533. The van der Waals surface area contributed by atoms with Gasteiger partial charge in [0.05, 0.1) is 0 Å². The first-order valence-electron chi connectivity index (χ1n) is 4.68. The lowest BCUT2D eigenvalue weighted by Gasteiger charge is -2.09. The summed E-state index contributed by atoms with van der Waals surface area (Å²) in [4.78, 5) is 0. The first-order valence-corrected chi connectivity index (χ1v) is 5.72. The summed E-state index contributed by atoms with van der Waals surface area (Å²) in [6.45, 7) is 3.21. The van der Waals surface area contributed by atoms with E-state index in [0.717, 1.165) is 11.8 Å². The molecule has 0 saturated carbocycles. The van der Waals surface area contributed by atoms with Gasteiger partial charge >= 0.3 is 0 Å². The molecule has 0 bridgehead atoms. The Morgan fingerprint density at radius 2 is 2.69 bits per heavy atom. The predicted molar refractivity (Wildman–Crippen MR) is 55.8 cm³/mol. The minimum Gasteiger partial charge on any atom is -0.308 e. The van der Waals surface area contributed by atoms with Gasteiger partial charge in [0.25, 0.3) is 0 Å². The van der Waals surface area contributed by atoms with E-state index in [9.17, 15) is 0 Å². The molecular weight excluding hydrogens is 182 g/mol. The van der Waals surface area contributed by atoms with Crippen molar-refractivity contribution >= 4 is 11.8 Å². The number of thioether (sulfide) groups is 1. The number of aromatic nitrogens is 2. The monoisotopic (exact) mass is 197 g/mol. The molecule has 1 aliphatic heterocycles. The van der Waals surface area contributed by atoms with Crippen LogP contribution in [0.5, 0.6) is 0 Å². The number of H-pyrrole nitrogens is 1. The van der Waals surface area contributed by atoms with E-state index in [2.05, 4.69) is 34.2 Å². The molecule has 2 rings (SSSR count). The van der Waals surface area contributed by atoms with Gasteiger partial charge in [-0.3, -0.25) is 5.10 Å². The van der Waals surface area contributed by atoms with E-state index in [4.69, 9.17) is 0 Å². The van der Waals surface area contributed by atoms with Crippen LogP contribution in [0.3, 0.4) is 0 Å². The highest BCUT2D eigenvalue weighted by Crippen LogP contribution is 2.25. The standard InChI is InChI=1S/C9H15N3S/c1-7-4-9(6-13-7)10-5-8-2-3-11-12-8/h2-3,7,9-10H,4-6H2,1H3,(H,11,12). The molecule has 2 atom stereocenters. The number of hydrogen-bond donors (Lipinski definition) is 2. The summed E-state index contributed by atoms with van der Waals surface area (Å²) in [5.74, 6) is 1.25. The van der Waals surface area contributed by atoms with Crippen LogP contribution in [-0.4, -0.2) is 27.2 Å². The summed E-state index contributed by atoms with van der Waals surface area (Å²) < 4.78 is 0. The average Bonchev–Trinajstić information content (AvgIpc) is 2.71. The Bertz CT molecular complexity index is 247. The Balaban J connectivity index is 1.74. The topological polar surface area (TPSA) is 40.7 Å². The van der Waals surface area contributed by atoms with Crippen LogP contribution in [0, 0.1) is 0 Å². The molecule has 1 fully saturated rings. The Morgan fingerprint density at radius 1 is 1.77 bits per heavy atom. The van der Waals surface area contributed by atoms with Crippen molar-refractivity contribution in [3.63, 3.8) is 0 Å². The van der Waals surface area contributed by atoms with E-state index in [0.29, 0.717) is 6.04 Å². The molecule has 2 unspecified atom stereocenters. The lowest BCUT2D eigenvalue weighted by Crippen LogP contribution is -2.28. The summed E-state index contributed by atoms with van der Waals surface area (Å²) >= 11 is 2.05. The van der Waals surface area contributed by atoms with Crippen LogP contribution in [0.15, 0.2) is 12.3 Å². The van der Waals surface area contributed by atoms with Crippen LogP contribution in [0.2, 0.25) is 0 Å². The fraction of sp³-hybridized carbons (Fsp3) is 0.667. The molecule has 1 aliphatic rings. The SMILES string of the molecule is CC1CC(NCc2ccn[nH]2)CS1. The van der Waals surface area contributed by atoms with Crippen molar-refractivity contribution in [1.82, 2.24) is 15.5 Å². The van der Waals surface area contributed by atoms with E-state index in [1.165, 1.54) is 17.9 Å². The molecule has 1 saturated heterocycles. The van der Waals surface area contributed by atoms with E-state index in [1.807, 2.05) is 6.07 Å². The highest BCUT2D eigenvalue weighted by atomic mass is 32.2. The van der Waals surface area contributed by atoms with Gasteiger partial charge in [-0.15, -0.1) is 0 Å². The van der Waals surface area contributed by atoms with Crippen molar-refractivity contribution in [3.8, 4) is 0 Å². The van der Waals surface area contributed by atoms with Gasteiger partial charge < -0.3 is 5.32 Å². The minimum absolute atomic E-state index is 0.684. The number of nitrogens with one attached hydrogen (secondary N) is 2. The number of aromatic amines is 1. The molecule has 3 nitrogen and oxygen atoms in total. The molecule has 0 aromatic carbocycles. The third kappa shape index (κ3) is 2.48. The maximum atomic E-state index is 3.91. The van der Waals surface area contributed by atoms with Gasteiger partial charge in [-0.1, -0.05) is 6.92 Å². The zero-order chi connectivity index (χ0) is 9.10. The summed E-state index contributed by atoms with van der Waals surface area (Å²) in [7, 11) is 0. The molecule has 0 amide bonds. The normalized spacial score (nSPS) is 28.1. The van der Waals surface area contributed by atoms with Gasteiger partial charge in [0.2, 0.25) is 0 Å². The highest BCUT2D eigenvalue weighted by Gasteiger charge is 2.20. The number of rotatable bonds is 3. The fourth-order valence-electron chi connectivity index (χ4n) is 1.60. The van der Waals surface area contributed by atoms with Crippen molar-refractivity contribution < 1.29 is 0 Å². The van der Waals surface area contributed by atoms with Crippen LogP contribution in [0.25, 0.3) is 0 Å². The Morgan fingerprint density at radius 3 is 3.31 bits per heavy atom. The van der Waals surface area contributed by atoms with Gasteiger partial charge in [0, 0.05) is 35.5 Å². The molecule has 72 valence electrons. The average molecular weight is 197 g/mol. The fourth-order valence-corrected chi connectivity index (χ4v) is 2.78. The summed E-state index contributed by atoms with van der Waals surface area (Å²) in [6.07, 6.45) is 3.09. The van der Waals surface area contributed by atoms with Crippen molar-refractivity contribution in [2.45, 2.75) is 31.2 Å². The summed E-state index contributed by atoms with van der Waals surface area (Å²) in [5, 5.41) is 11.2. The third-order valence-electron chi connectivity index (χ3n) is 2.34. The van der Waals surface area contributed by atoms with Gasteiger partial charge in [-0.25, -0.2) is 0 Å². The van der Waals surface area contributed by atoms with Gasteiger partial charge in [-0.05, 0) is 12.5 Å². The zero-order valence-electron chi connectivity index (χ0n) is 7.79.